The molecule has 0 spiro atoms. The molecule has 3 N–H and O–H groups in total. The zero-order valence-electron chi connectivity index (χ0n) is 12.1. The lowest BCUT2D eigenvalue weighted by molar-refractivity contribution is 0.318. The number of rotatable bonds is 6. The lowest BCUT2D eigenvalue weighted by Gasteiger charge is -2.21. The van der Waals surface area contributed by atoms with E-state index in [1.54, 1.807) is 0 Å². The minimum Gasteiger partial charge on any atom is -0.409 e. The minimum atomic E-state index is 0.147. The van der Waals surface area contributed by atoms with Crippen molar-refractivity contribution >= 4 is 11.5 Å². The van der Waals surface area contributed by atoms with Crippen molar-refractivity contribution in [1.29, 1.82) is 0 Å². The molecule has 1 aromatic carbocycles. The number of oxime groups is 1. The van der Waals surface area contributed by atoms with Gasteiger partial charge in [-0.1, -0.05) is 5.16 Å². The van der Waals surface area contributed by atoms with Crippen LogP contribution in [-0.2, 0) is 0 Å². The third kappa shape index (κ3) is 3.87. The summed E-state index contributed by atoms with van der Waals surface area (Å²) >= 11 is 0. The molecule has 5 heteroatoms. The van der Waals surface area contributed by atoms with Crippen molar-refractivity contribution < 1.29 is 5.21 Å². The van der Waals surface area contributed by atoms with E-state index in [1.165, 1.54) is 38.9 Å². The summed E-state index contributed by atoms with van der Waals surface area (Å²) in [5.74, 6) is 0.147. The van der Waals surface area contributed by atoms with Gasteiger partial charge in [0.05, 0.1) is 0 Å². The number of hydrogen-bond donors (Lipinski definition) is 2. The summed E-state index contributed by atoms with van der Waals surface area (Å²) in [5, 5.41) is 11.6. The van der Waals surface area contributed by atoms with Crippen molar-refractivity contribution in [2.75, 3.05) is 38.1 Å². The van der Waals surface area contributed by atoms with Gasteiger partial charge in [0, 0.05) is 24.8 Å². The van der Waals surface area contributed by atoms with Gasteiger partial charge in [0.1, 0.15) is 0 Å². The Morgan fingerprint density at radius 3 is 2.55 bits per heavy atom. The van der Waals surface area contributed by atoms with Crippen LogP contribution in [0.2, 0.25) is 0 Å². The van der Waals surface area contributed by atoms with Crippen LogP contribution in [0.5, 0.6) is 0 Å². The topological polar surface area (TPSA) is 65.1 Å². The molecule has 110 valence electrons. The van der Waals surface area contributed by atoms with Gasteiger partial charge in [-0.15, -0.1) is 0 Å². The molecule has 0 bridgehead atoms. The molecule has 0 unspecified atom stereocenters. The van der Waals surface area contributed by atoms with E-state index in [9.17, 15) is 0 Å². The zero-order valence-corrected chi connectivity index (χ0v) is 12.1. The summed E-state index contributed by atoms with van der Waals surface area (Å²) < 4.78 is 0. The molecular formula is C15H24N4O. The average molecular weight is 276 g/mol. The standard InChI is InChI=1S/C15H24N4O/c1-18(9-4-12-19-10-2-3-11-19)14-7-5-13(6-8-14)15(16)17-20/h5-8,20H,2-4,9-12H2,1H3,(H2,16,17). The van der Waals surface area contributed by atoms with Gasteiger partial charge in [0.15, 0.2) is 5.84 Å². The predicted molar refractivity (Wildman–Crippen MR) is 82.5 cm³/mol. The van der Waals surface area contributed by atoms with Crippen molar-refractivity contribution in [3.05, 3.63) is 29.8 Å². The second-order valence-corrected chi connectivity index (χ2v) is 5.36. The van der Waals surface area contributed by atoms with E-state index in [0.29, 0.717) is 0 Å². The maximum atomic E-state index is 8.63. The molecule has 0 aromatic heterocycles. The predicted octanol–water partition coefficient (Wildman–Crippen LogP) is 1.70. The molecule has 1 aromatic rings. The van der Waals surface area contributed by atoms with Gasteiger partial charge < -0.3 is 20.7 Å². The molecule has 1 aliphatic heterocycles. The summed E-state index contributed by atoms with van der Waals surface area (Å²) in [5.41, 5.74) is 7.44. The van der Waals surface area contributed by atoms with Crippen LogP contribution in [0.4, 0.5) is 5.69 Å². The van der Waals surface area contributed by atoms with E-state index in [2.05, 4.69) is 22.0 Å². The molecule has 1 fully saturated rings. The van der Waals surface area contributed by atoms with Crippen LogP contribution in [0.25, 0.3) is 0 Å². The Morgan fingerprint density at radius 1 is 1.30 bits per heavy atom. The van der Waals surface area contributed by atoms with E-state index < -0.39 is 0 Å². The maximum absolute atomic E-state index is 8.63. The van der Waals surface area contributed by atoms with Crippen LogP contribution < -0.4 is 10.6 Å². The lowest BCUT2D eigenvalue weighted by atomic mass is 10.2. The molecular weight excluding hydrogens is 252 g/mol. The molecule has 1 aliphatic rings. The summed E-state index contributed by atoms with van der Waals surface area (Å²) in [6.45, 7) is 4.75. The Hall–Kier alpha value is -1.75. The quantitative estimate of drug-likeness (QED) is 0.359. The molecule has 20 heavy (non-hydrogen) atoms. The molecule has 0 saturated carbocycles. The number of nitrogens with zero attached hydrogens (tertiary/aromatic N) is 3. The Bertz CT molecular complexity index is 438. The van der Waals surface area contributed by atoms with Crippen LogP contribution in [0.3, 0.4) is 0 Å². The Balaban J connectivity index is 1.80. The SMILES string of the molecule is CN(CCCN1CCCC1)c1ccc(C(N)=NO)cc1. The first kappa shape index (κ1) is 14.7. The molecule has 0 amide bonds. The van der Waals surface area contributed by atoms with Gasteiger partial charge in [0.2, 0.25) is 0 Å². The molecule has 1 heterocycles. The van der Waals surface area contributed by atoms with Crippen molar-refractivity contribution in [3.63, 3.8) is 0 Å². The monoisotopic (exact) mass is 276 g/mol. The lowest BCUT2D eigenvalue weighted by Crippen LogP contribution is -2.26. The summed E-state index contributed by atoms with van der Waals surface area (Å²) in [7, 11) is 2.10. The highest BCUT2D eigenvalue weighted by Gasteiger charge is 2.11. The number of nitrogens with two attached hydrogens (primary N) is 1. The van der Waals surface area contributed by atoms with Crippen molar-refractivity contribution in [2.45, 2.75) is 19.3 Å². The van der Waals surface area contributed by atoms with Crippen LogP contribution >= 0.6 is 0 Å². The molecule has 0 aliphatic carbocycles. The minimum absolute atomic E-state index is 0.147. The van der Waals surface area contributed by atoms with E-state index in [4.69, 9.17) is 10.9 Å². The van der Waals surface area contributed by atoms with E-state index in [1.807, 2.05) is 24.3 Å². The summed E-state index contributed by atoms with van der Waals surface area (Å²) in [6.07, 6.45) is 3.88. The third-order valence-corrected chi connectivity index (χ3v) is 3.88. The van der Waals surface area contributed by atoms with Gasteiger partial charge in [-0.2, -0.15) is 0 Å². The molecule has 1 saturated heterocycles. The Labute approximate surface area is 120 Å². The van der Waals surface area contributed by atoms with Gasteiger partial charge in [-0.05, 0) is 63.2 Å². The summed E-state index contributed by atoms with van der Waals surface area (Å²) in [6, 6.07) is 7.76. The van der Waals surface area contributed by atoms with E-state index >= 15 is 0 Å². The van der Waals surface area contributed by atoms with Gasteiger partial charge in [-0.3, -0.25) is 0 Å². The number of benzene rings is 1. The average Bonchev–Trinajstić information content (AvgIpc) is 2.99. The fourth-order valence-electron chi connectivity index (χ4n) is 2.61. The highest BCUT2D eigenvalue weighted by molar-refractivity contribution is 5.97. The normalized spacial score (nSPS) is 16.6. The Morgan fingerprint density at radius 2 is 1.95 bits per heavy atom. The maximum Gasteiger partial charge on any atom is 0.170 e. The van der Waals surface area contributed by atoms with Gasteiger partial charge in [-0.25, -0.2) is 0 Å². The summed E-state index contributed by atoms with van der Waals surface area (Å²) in [4.78, 5) is 4.78. The molecule has 2 rings (SSSR count). The van der Waals surface area contributed by atoms with Gasteiger partial charge >= 0.3 is 0 Å². The van der Waals surface area contributed by atoms with Crippen LogP contribution in [0, 0.1) is 0 Å². The van der Waals surface area contributed by atoms with Crippen molar-refractivity contribution in [2.24, 2.45) is 10.9 Å². The smallest absolute Gasteiger partial charge is 0.170 e. The van der Waals surface area contributed by atoms with Crippen LogP contribution in [0.1, 0.15) is 24.8 Å². The highest BCUT2D eigenvalue weighted by atomic mass is 16.4. The number of likely N-dealkylation sites (tertiary alicyclic amines) is 1. The van der Waals surface area contributed by atoms with Crippen LogP contribution in [-0.4, -0.2) is 49.2 Å². The fourth-order valence-corrected chi connectivity index (χ4v) is 2.61. The largest absolute Gasteiger partial charge is 0.409 e. The first-order valence-corrected chi connectivity index (χ1v) is 7.22. The zero-order chi connectivity index (χ0) is 14.4. The molecule has 0 radical (unpaired) electrons. The van der Waals surface area contributed by atoms with E-state index in [0.717, 1.165) is 17.8 Å². The Kier molecular flexibility index (Phi) is 5.24. The number of amidine groups is 1. The fraction of sp³-hybridized carbons (Fsp3) is 0.533. The third-order valence-electron chi connectivity index (χ3n) is 3.88. The highest BCUT2D eigenvalue weighted by Crippen LogP contribution is 2.14. The van der Waals surface area contributed by atoms with Crippen molar-refractivity contribution in [1.82, 2.24) is 4.90 Å². The second-order valence-electron chi connectivity index (χ2n) is 5.36. The van der Waals surface area contributed by atoms with Crippen molar-refractivity contribution in [3.8, 4) is 0 Å². The second kappa shape index (κ2) is 7.14. The molecule has 5 nitrogen and oxygen atoms in total. The first-order chi connectivity index (χ1) is 9.70. The first-order valence-electron chi connectivity index (χ1n) is 7.22. The number of hydrogen-bond acceptors (Lipinski definition) is 4. The number of anilines is 1. The van der Waals surface area contributed by atoms with Crippen LogP contribution in [0.15, 0.2) is 29.4 Å². The molecule has 0 atom stereocenters. The van der Waals surface area contributed by atoms with Gasteiger partial charge in [0.25, 0.3) is 0 Å². The van der Waals surface area contributed by atoms with E-state index in [-0.39, 0.29) is 5.84 Å².